The van der Waals surface area contributed by atoms with Gasteiger partial charge in [0.2, 0.25) is 12.0 Å². The van der Waals surface area contributed by atoms with Gasteiger partial charge in [-0.05, 0) is 13.0 Å². The minimum Gasteiger partial charge on any atom is -0.353 e. The van der Waals surface area contributed by atoms with E-state index in [1.165, 1.54) is 6.08 Å². The molecule has 0 aliphatic carbocycles. The Hall–Kier alpha value is -1.41. The molecule has 0 heterocycles. The molecule has 0 unspecified atom stereocenters. The summed E-state index contributed by atoms with van der Waals surface area (Å²) in [6.07, 6.45) is 2.00. The highest BCUT2D eigenvalue weighted by atomic mass is 16.1. The molecule has 0 atom stereocenters. The van der Waals surface area contributed by atoms with Crippen molar-refractivity contribution >= 4 is 12.0 Å². The lowest BCUT2D eigenvalue weighted by molar-refractivity contribution is -0.116. The second kappa shape index (κ2) is 10.5. The molecule has 0 saturated carbocycles. The molecule has 0 aliphatic rings. The van der Waals surface area contributed by atoms with Crippen LogP contribution in [0.1, 0.15) is 6.92 Å². The zero-order chi connectivity index (χ0) is 8.41. The maximum atomic E-state index is 10.2. The van der Waals surface area contributed by atoms with E-state index in [4.69, 9.17) is 10.2 Å². The number of hydrogen-bond acceptors (Lipinski definition) is 3. The third-order valence-electron chi connectivity index (χ3n) is 0.536. The summed E-state index contributed by atoms with van der Waals surface area (Å²) >= 11 is 0. The number of carbonyl (C=O) groups excluding carboxylic acids is 2. The molecule has 0 aromatic carbocycles. The summed E-state index contributed by atoms with van der Waals surface area (Å²) in [6, 6.07) is 0. The molecular formula is C6H10N2O2. The van der Waals surface area contributed by atoms with Crippen molar-refractivity contribution in [2.24, 2.45) is 0 Å². The van der Waals surface area contributed by atoms with Crippen LogP contribution in [-0.4, -0.2) is 18.5 Å². The molecule has 56 valence electrons. The minimum atomic E-state index is -0.109. The van der Waals surface area contributed by atoms with E-state index in [0.29, 0.717) is 6.54 Å². The Balaban J connectivity index is 0. The van der Waals surface area contributed by atoms with E-state index in [-0.39, 0.29) is 5.91 Å². The summed E-state index contributed by atoms with van der Waals surface area (Å²) in [5.74, 6) is -0.109. The van der Waals surface area contributed by atoms with Crippen LogP contribution in [0.15, 0.2) is 12.7 Å². The minimum absolute atomic E-state index is 0.109. The Labute approximate surface area is 59.4 Å². The highest BCUT2D eigenvalue weighted by Gasteiger charge is 1.83. The molecule has 0 rings (SSSR count). The van der Waals surface area contributed by atoms with Crippen LogP contribution in [0.5, 0.6) is 0 Å². The molecule has 0 aromatic rings. The van der Waals surface area contributed by atoms with Crippen LogP contribution in [0.2, 0.25) is 0 Å². The van der Waals surface area contributed by atoms with E-state index in [1.54, 1.807) is 0 Å². The predicted molar refractivity (Wildman–Crippen MR) is 37.3 cm³/mol. The van der Waals surface area contributed by atoms with Gasteiger partial charge in [-0.2, -0.15) is 0 Å². The van der Waals surface area contributed by atoms with Crippen LogP contribution in [0.4, 0.5) is 0 Å². The number of carbonyl (C=O) groups is 1. The molecule has 0 aromatic heterocycles. The molecule has 0 spiro atoms. The van der Waals surface area contributed by atoms with Crippen LogP contribution in [0.25, 0.3) is 0 Å². The summed E-state index contributed by atoms with van der Waals surface area (Å²) in [5, 5.41) is 7.94. The average Bonchev–Trinajstić information content (AvgIpc) is 1.90. The quantitative estimate of drug-likeness (QED) is 0.328. The van der Waals surface area contributed by atoms with Gasteiger partial charge in [0.05, 0.1) is 0 Å². The maximum Gasteiger partial charge on any atom is 0.243 e. The van der Waals surface area contributed by atoms with Gasteiger partial charge in [-0.15, -0.1) is 0 Å². The first-order valence-electron chi connectivity index (χ1n) is 2.67. The smallest absolute Gasteiger partial charge is 0.243 e. The van der Waals surface area contributed by atoms with Crippen molar-refractivity contribution in [3.63, 3.8) is 0 Å². The third-order valence-corrected chi connectivity index (χ3v) is 0.536. The SMILES string of the molecule is C=CC(=O)NCC.N=C=O. The van der Waals surface area contributed by atoms with Crippen LogP contribution < -0.4 is 5.32 Å². The van der Waals surface area contributed by atoms with Crippen LogP contribution in [-0.2, 0) is 9.59 Å². The number of isocyanates is 1. The monoisotopic (exact) mass is 142 g/mol. The predicted octanol–water partition coefficient (Wildman–Crippen LogP) is 0.209. The first-order chi connectivity index (χ1) is 4.72. The van der Waals surface area contributed by atoms with Gasteiger partial charge in [0.25, 0.3) is 0 Å². The fourth-order valence-corrected chi connectivity index (χ4v) is 0.246. The fraction of sp³-hybridized carbons (Fsp3) is 0.333. The molecule has 0 bridgehead atoms. The molecule has 0 aliphatic heterocycles. The lowest BCUT2D eigenvalue weighted by atomic mass is 10.6. The van der Waals surface area contributed by atoms with E-state index in [0.717, 1.165) is 6.08 Å². The number of rotatable bonds is 2. The number of nitrogens with one attached hydrogen (secondary N) is 2. The molecule has 10 heavy (non-hydrogen) atoms. The van der Waals surface area contributed by atoms with Gasteiger partial charge in [0.1, 0.15) is 0 Å². The van der Waals surface area contributed by atoms with Crippen molar-refractivity contribution in [3.8, 4) is 0 Å². The molecule has 0 fully saturated rings. The van der Waals surface area contributed by atoms with Gasteiger partial charge < -0.3 is 5.32 Å². The van der Waals surface area contributed by atoms with Crippen LogP contribution in [0.3, 0.4) is 0 Å². The maximum absolute atomic E-state index is 10.2. The van der Waals surface area contributed by atoms with Crippen LogP contribution in [0, 0.1) is 5.41 Å². The summed E-state index contributed by atoms with van der Waals surface area (Å²) < 4.78 is 0. The van der Waals surface area contributed by atoms with Gasteiger partial charge in [-0.25, -0.2) is 10.2 Å². The summed E-state index contributed by atoms with van der Waals surface area (Å²) in [7, 11) is 0. The fourth-order valence-electron chi connectivity index (χ4n) is 0.246. The van der Waals surface area contributed by atoms with Gasteiger partial charge in [0.15, 0.2) is 0 Å². The molecular weight excluding hydrogens is 132 g/mol. The Bertz CT molecular complexity index is 137. The highest BCUT2D eigenvalue weighted by molar-refractivity contribution is 5.86. The number of likely N-dealkylation sites (N-methyl/N-ethyl adjacent to an activating group) is 1. The van der Waals surface area contributed by atoms with Crippen LogP contribution >= 0.6 is 0 Å². The van der Waals surface area contributed by atoms with E-state index in [1.807, 2.05) is 6.92 Å². The third kappa shape index (κ3) is 16.0. The van der Waals surface area contributed by atoms with E-state index in [2.05, 4.69) is 11.9 Å². The summed E-state index contributed by atoms with van der Waals surface area (Å²) in [6.45, 7) is 5.80. The van der Waals surface area contributed by atoms with E-state index >= 15 is 0 Å². The first-order valence-corrected chi connectivity index (χ1v) is 2.67. The Morgan fingerprint density at radius 2 is 2.30 bits per heavy atom. The highest BCUT2D eigenvalue weighted by Crippen LogP contribution is 1.61. The zero-order valence-corrected chi connectivity index (χ0v) is 5.81. The summed E-state index contributed by atoms with van der Waals surface area (Å²) in [5.41, 5.74) is 0. The Morgan fingerprint density at radius 1 is 1.90 bits per heavy atom. The normalized spacial score (nSPS) is 6.10. The summed E-state index contributed by atoms with van der Waals surface area (Å²) in [4.78, 5) is 18.5. The van der Waals surface area contributed by atoms with Crippen molar-refractivity contribution in [2.45, 2.75) is 6.92 Å². The lowest BCUT2D eigenvalue weighted by Crippen LogP contribution is -2.19. The van der Waals surface area contributed by atoms with Gasteiger partial charge in [0, 0.05) is 6.54 Å². The number of hydrogen-bond donors (Lipinski definition) is 2. The molecule has 1 amide bonds. The van der Waals surface area contributed by atoms with Gasteiger partial charge in [-0.3, -0.25) is 4.79 Å². The van der Waals surface area contributed by atoms with Crippen molar-refractivity contribution in [3.05, 3.63) is 12.7 Å². The van der Waals surface area contributed by atoms with Crippen molar-refractivity contribution in [2.75, 3.05) is 6.54 Å². The van der Waals surface area contributed by atoms with Crippen molar-refractivity contribution in [1.82, 2.24) is 5.32 Å². The standard InChI is InChI=1S/C5H9NO.CHNO/c1-3-5(7)6-4-2;2-1-3/h3H,1,4H2,2H3,(H,6,7);2H. The lowest BCUT2D eigenvalue weighted by Gasteiger charge is -1.90. The largest absolute Gasteiger partial charge is 0.353 e. The number of amides is 1. The Kier molecular flexibility index (Phi) is 12.0. The van der Waals surface area contributed by atoms with Crippen molar-refractivity contribution in [1.29, 1.82) is 5.41 Å². The molecule has 2 N–H and O–H groups in total. The van der Waals surface area contributed by atoms with Crippen molar-refractivity contribution < 1.29 is 9.59 Å². The molecule has 4 nitrogen and oxygen atoms in total. The van der Waals surface area contributed by atoms with Gasteiger partial charge >= 0.3 is 0 Å². The molecule has 0 radical (unpaired) electrons. The Morgan fingerprint density at radius 3 is 2.40 bits per heavy atom. The molecule has 0 saturated heterocycles. The second-order valence-electron chi connectivity index (χ2n) is 1.20. The first kappa shape index (κ1) is 11.4. The zero-order valence-electron chi connectivity index (χ0n) is 5.81. The second-order valence-corrected chi connectivity index (χ2v) is 1.20. The topological polar surface area (TPSA) is 70.0 Å². The van der Waals surface area contributed by atoms with E-state index < -0.39 is 0 Å². The van der Waals surface area contributed by atoms with E-state index in [9.17, 15) is 4.79 Å². The molecule has 4 heteroatoms. The van der Waals surface area contributed by atoms with Gasteiger partial charge in [-0.1, -0.05) is 6.58 Å². The average molecular weight is 142 g/mol.